The summed E-state index contributed by atoms with van der Waals surface area (Å²) in [5.74, 6) is 0.0694. The van der Waals surface area contributed by atoms with Crippen LogP contribution in [0.5, 0.6) is 5.75 Å². The van der Waals surface area contributed by atoms with Crippen molar-refractivity contribution in [2.75, 3.05) is 5.32 Å². The number of anilines is 1. The lowest BCUT2D eigenvalue weighted by molar-refractivity contribution is -0.385. The summed E-state index contributed by atoms with van der Waals surface area (Å²) < 4.78 is 5.54. The number of carbonyl (C=O) groups is 1. The maximum absolute atomic E-state index is 12.2. The van der Waals surface area contributed by atoms with Gasteiger partial charge in [-0.3, -0.25) is 20.2 Å². The normalized spacial score (nSPS) is 10.2. The Morgan fingerprint density at radius 1 is 1.16 bits per heavy atom. The number of benzene rings is 2. The molecule has 0 aliphatic heterocycles. The molecule has 0 atom stereocenters. The van der Waals surface area contributed by atoms with Crippen molar-refractivity contribution in [2.24, 2.45) is 0 Å². The Labute approximate surface area is 150 Å². The molecule has 0 spiro atoms. The van der Waals surface area contributed by atoms with Gasteiger partial charge in [0, 0.05) is 11.8 Å². The Hall–Kier alpha value is -3.00. The molecule has 0 aromatic heterocycles. The first kappa shape index (κ1) is 18.3. The minimum absolute atomic E-state index is 0.0423. The monoisotopic (exact) mass is 359 g/mol. The average molecular weight is 359 g/mol. The van der Waals surface area contributed by atoms with Crippen LogP contribution in [0, 0.1) is 10.1 Å². The van der Waals surface area contributed by atoms with E-state index in [4.69, 9.17) is 17.0 Å². The van der Waals surface area contributed by atoms with Gasteiger partial charge in [0.1, 0.15) is 11.3 Å². The van der Waals surface area contributed by atoms with Crippen LogP contribution < -0.4 is 15.4 Å². The molecule has 0 radical (unpaired) electrons. The fraction of sp³-hybridized carbons (Fsp3) is 0.176. The molecular weight excluding hydrogens is 342 g/mol. The van der Waals surface area contributed by atoms with E-state index in [1.807, 2.05) is 13.8 Å². The Morgan fingerprint density at radius 2 is 1.80 bits per heavy atom. The number of nitro groups is 1. The highest BCUT2D eigenvalue weighted by Gasteiger charge is 2.19. The van der Waals surface area contributed by atoms with Crippen molar-refractivity contribution in [3.8, 4) is 5.75 Å². The number of hydrogen-bond donors (Lipinski definition) is 2. The molecule has 1 amide bonds. The number of nitro benzene ring substituents is 1. The first-order valence-corrected chi connectivity index (χ1v) is 7.90. The predicted octanol–water partition coefficient (Wildman–Crippen LogP) is 3.51. The van der Waals surface area contributed by atoms with Gasteiger partial charge in [0.05, 0.1) is 11.0 Å². The molecule has 0 aliphatic carbocycles. The number of rotatable bonds is 5. The van der Waals surface area contributed by atoms with Crippen molar-refractivity contribution >= 4 is 34.6 Å². The number of nitrogens with zero attached hydrogens (tertiary/aromatic N) is 1. The molecular formula is C17H17N3O4S. The molecule has 0 aliphatic rings. The first-order valence-electron chi connectivity index (χ1n) is 7.49. The zero-order chi connectivity index (χ0) is 18.4. The molecule has 7 nitrogen and oxygen atoms in total. The zero-order valence-electron chi connectivity index (χ0n) is 13.7. The first-order chi connectivity index (χ1) is 11.9. The molecule has 0 heterocycles. The van der Waals surface area contributed by atoms with Gasteiger partial charge in [-0.1, -0.05) is 12.1 Å². The van der Waals surface area contributed by atoms with Crippen LogP contribution in [0.2, 0.25) is 0 Å². The second-order valence-corrected chi connectivity index (χ2v) is 5.78. The Morgan fingerprint density at radius 3 is 2.40 bits per heavy atom. The second-order valence-electron chi connectivity index (χ2n) is 5.37. The van der Waals surface area contributed by atoms with E-state index in [1.54, 1.807) is 30.3 Å². The van der Waals surface area contributed by atoms with E-state index < -0.39 is 10.8 Å². The van der Waals surface area contributed by atoms with Crippen LogP contribution in [0.25, 0.3) is 0 Å². The summed E-state index contributed by atoms with van der Waals surface area (Å²) >= 11 is 5.08. The van der Waals surface area contributed by atoms with Crippen molar-refractivity contribution in [1.29, 1.82) is 0 Å². The van der Waals surface area contributed by atoms with Gasteiger partial charge in [0.15, 0.2) is 5.11 Å². The number of amides is 1. The van der Waals surface area contributed by atoms with Crippen molar-refractivity contribution in [3.63, 3.8) is 0 Å². The Bertz CT molecular complexity index is 791. The summed E-state index contributed by atoms with van der Waals surface area (Å²) in [6.45, 7) is 3.86. The standard InChI is InChI=1S/C17H17N3O4S/c1-11(2)24-13-9-7-12(8-10-13)18-17(25)19-16(21)14-5-3-4-6-15(14)20(22)23/h3-11H,1-2H3,(H2,18,19,21,25). The van der Waals surface area contributed by atoms with E-state index in [2.05, 4.69) is 10.6 Å². The molecule has 130 valence electrons. The van der Waals surface area contributed by atoms with Crippen LogP contribution in [0.4, 0.5) is 11.4 Å². The smallest absolute Gasteiger partial charge is 0.282 e. The number of para-hydroxylation sites is 1. The maximum atomic E-state index is 12.2. The number of ether oxygens (including phenoxy) is 1. The molecule has 2 N–H and O–H groups in total. The van der Waals surface area contributed by atoms with Gasteiger partial charge in [0.2, 0.25) is 0 Å². The Kier molecular flexibility index (Phi) is 6.02. The fourth-order valence-electron chi connectivity index (χ4n) is 2.05. The second kappa shape index (κ2) is 8.20. The van der Waals surface area contributed by atoms with Crippen LogP contribution in [0.3, 0.4) is 0 Å². The van der Waals surface area contributed by atoms with Crippen molar-refractivity contribution < 1.29 is 14.5 Å². The fourth-order valence-corrected chi connectivity index (χ4v) is 2.26. The SMILES string of the molecule is CC(C)Oc1ccc(NC(=S)NC(=O)c2ccccc2[N+](=O)[O-])cc1. The Balaban J connectivity index is 2.00. The molecule has 0 fully saturated rings. The molecule has 0 saturated carbocycles. The van der Waals surface area contributed by atoms with E-state index in [-0.39, 0.29) is 22.5 Å². The van der Waals surface area contributed by atoms with Gasteiger partial charge in [0.25, 0.3) is 11.6 Å². The molecule has 2 aromatic carbocycles. The van der Waals surface area contributed by atoms with Crippen molar-refractivity contribution in [3.05, 3.63) is 64.2 Å². The maximum Gasteiger partial charge on any atom is 0.282 e. The van der Waals surface area contributed by atoms with Crippen LogP contribution in [-0.4, -0.2) is 22.0 Å². The summed E-state index contributed by atoms with van der Waals surface area (Å²) in [5.41, 5.74) is 0.319. The highest BCUT2D eigenvalue weighted by Crippen LogP contribution is 2.18. The molecule has 25 heavy (non-hydrogen) atoms. The van der Waals surface area contributed by atoms with Crippen LogP contribution in [-0.2, 0) is 0 Å². The highest BCUT2D eigenvalue weighted by molar-refractivity contribution is 7.80. The molecule has 2 rings (SSSR count). The minimum atomic E-state index is -0.649. The van der Waals surface area contributed by atoms with E-state index in [1.165, 1.54) is 18.2 Å². The van der Waals surface area contributed by atoms with E-state index in [0.717, 1.165) is 5.75 Å². The van der Waals surface area contributed by atoms with Crippen molar-refractivity contribution in [1.82, 2.24) is 5.32 Å². The lowest BCUT2D eigenvalue weighted by Gasteiger charge is -2.12. The quantitative estimate of drug-likeness (QED) is 0.482. The predicted molar refractivity (Wildman–Crippen MR) is 99.0 cm³/mol. The van der Waals surface area contributed by atoms with Gasteiger partial charge in [-0.2, -0.15) is 0 Å². The van der Waals surface area contributed by atoms with Crippen LogP contribution in [0.1, 0.15) is 24.2 Å². The molecule has 0 saturated heterocycles. The largest absolute Gasteiger partial charge is 0.491 e. The molecule has 0 bridgehead atoms. The highest BCUT2D eigenvalue weighted by atomic mass is 32.1. The average Bonchev–Trinajstić information content (AvgIpc) is 2.56. The molecule has 8 heteroatoms. The molecule has 0 unspecified atom stereocenters. The summed E-state index contributed by atoms with van der Waals surface area (Å²) in [4.78, 5) is 22.5. The number of hydrogen-bond acceptors (Lipinski definition) is 5. The van der Waals surface area contributed by atoms with Crippen LogP contribution >= 0.6 is 12.2 Å². The third-order valence-electron chi connectivity index (χ3n) is 3.06. The molecule has 2 aromatic rings. The summed E-state index contributed by atoms with van der Waals surface area (Å²) in [6, 6.07) is 12.7. The number of nitrogens with one attached hydrogen (secondary N) is 2. The number of thiocarbonyl (C=S) groups is 1. The van der Waals surface area contributed by atoms with Gasteiger partial charge in [-0.15, -0.1) is 0 Å². The summed E-state index contributed by atoms with van der Waals surface area (Å²) in [7, 11) is 0. The minimum Gasteiger partial charge on any atom is -0.491 e. The van der Waals surface area contributed by atoms with Gasteiger partial charge in [-0.25, -0.2) is 0 Å². The zero-order valence-corrected chi connectivity index (χ0v) is 14.5. The van der Waals surface area contributed by atoms with Gasteiger partial charge >= 0.3 is 0 Å². The van der Waals surface area contributed by atoms with E-state index in [9.17, 15) is 14.9 Å². The third-order valence-corrected chi connectivity index (χ3v) is 3.26. The van der Waals surface area contributed by atoms with Crippen LogP contribution in [0.15, 0.2) is 48.5 Å². The van der Waals surface area contributed by atoms with Gasteiger partial charge in [-0.05, 0) is 56.4 Å². The number of carbonyl (C=O) groups excluding carboxylic acids is 1. The van der Waals surface area contributed by atoms with E-state index in [0.29, 0.717) is 5.69 Å². The third kappa shape index (κ3) is 5.25. The lowest BCUT2D eigenvalue weighted by atomic mass is 10.1. The summed E-state index contributed by atoms with van der Waals surface area (Å²) in [6.07, 6.45) is 0.0702. The van der Waals surface area contributed by atoms with E-state index >= 15 is 0 Å². The topological polar surface area (TPSA) is 93.5 Å². The van der Waals surface area contributed by atoms with Gasteiger partial charge < -0.3 is 10.1 Å². The lowest BCUT2D eigenvalue weighted by Crippen LogP contribution is -2.34. The summed E-state index contributed by atoms with van der Waals surface area (Å²) in [5, 5.41) is 16.3. The van der Waals surface area contributed by atoms with Crippen molar-refractivity contribution in [2.45, 2.75) is 20.0 Å².